The van der Waals surface area contributed by atoms with Crippen LogP contribution in [0.2, 0.25) is 0 Å². The fraction of sp³-hybridized carbons (Fsp3) is 0.727. The van der Waals surface area contributed by atoms with Crippen molar-refractivity contribution in [2.45, 2.75) is 45.7 Å². The zero-order valence-corrected chi connectivity index (χ0v) is 9.03. The lowest BCUT2D eigenvalue weighted by Crippen LogP contribution is -2.08. The molecule has 2 N–H and O–H groups in total. The van der Waals surface area contributed by atoms with Crippen LogP contribution in [0, 0.1) is 5.41 Å². The van der Waals surface area contributed by atoms with E-state index in [-0.39, 0.29) is 0 Å². The third-order valence-electron chi connectivity index (χ3n) is 3.23. The molecule has 1 aromatic rings. The Morgan fingerprint density at radius 3 is 2.93 bits per heavy atom. The lowest BCUT2D eigenvalue weighted by atomic mass is 9.92. The average Bonchev–Trinajstić information content (AvgIpc) is 2.70. The van der Waals surface area contributed by atoms with Crippen LogP contribution in [0.5, 0.6) is 0 Å². The predicted molar refractivity (Wildman–Crippen MR) is 56.8 cm³/mol. The standard InChI is InChI=1S/C11H19N3/c1-11(2)4-3-10(5-11)14-7-9(6-12)13-8-14/h7-8,10H,3-6,12H2,1-2H3. The second kappa shape index (κ2) is 3.39. The van der Waals surface area contributed by atoms with Gasteiger partial charge in [0.2, 0.25) is 0 Å². The van der Waals surface area contributed by atoms with Gasteiger partial charge in [0.25, 0.3) is 0 Å². The van der Waals surface area contributed by atoms with Gasteiger partial charge in [0.05, 0.1) is 12.0 Å². The predicted octanol–water partition coefficient (Wildman–Crippen LogP) is 2.09. The first-order valence-electron chi connectivity index (χ1n) is 5.33. The summed E-state index contributed by atoms with van der Waals surface area (Å²) in [6, 6.07) is 0.637. The SMILES string of the molecule is CC1(C)CCC(n2cnc(CN)c2)C1. The van der Waals surface area contributed by atoms with Crippen molar-refractivity contribution < 1.29 is 0 Å². The average molecular weight is 193 g/mol. The maximum Gasteiger partial charge on any atom is 0.0952 e. The lowest BCUT2D eigenvalue weighted by molar-refractivity contribution is 0.358. The summed E-state index contributed by atoms with van der Waals surface area (Å²) in [4.78, 5) is 4.26. The first-order chi connectivity index (χ1) is 6.61. The second-order valence-corrected chi connectivity index (χ2v) is 5.08. The van der Waals surface area contributed by atoms with Crippen LogP contribution in [-0.4, -0.2) is 9.55 Å². The third-order valence-corrected chi connectivity index (χ3v) is 3.23. The van der Waals surface area contributed by atoms with Crippen molar-refractivity contribution >= 4 is 0 Å². The molecule has 3 nitrogen and oxygen atoms in total. The van der Waals surface area contributed by atoms with Crippen LogP contribution >= 0.6 is 0 Å². The maximum absolute atomic E-state index is 5.54. The first-order valence-corrected chi connectivity index (χ1v) is 5.33. The molecule has 1 heterocycles. The largest absolute Gasteiger partial charge is 0.334 e. The second-order valence-electron chi connectivity index (χ2n) is 5.08. The van der Waals surface area contributed by atoms with Gasteiger partial charge in [0, 0.05) is 18.8 Å². The highest BCUT2D eigenvalue weighted by Gasteiger charge is 2.31. The number of imidazole rings is 1. The molecule has 0 saturated heterocycles. The van der Waals surface area contributed by atoms with Crippen molar-refractivity contribution in [3.63, 3.8) is 0 Å². The highest BCUT2D eigenvalue weighted by Crippen LogP contribution is 2.43. The molecule has 0 radical (unpaired) electrons. The van der Waals surface area contributed by atoms with Crippen molar-refractivity contribution in [2.24, 2.45) is 11.1 Å². The van der Waals surface area contributed by atoms with Gasteiger partial charge in [0.1, 0.15) is 0 Å². The molecule has 3 heteroatoms. The van der Waals surface area contributed by atoms with Crippen LogP contribution in [0.1, 0.15) is 44.8 Å². The smallest absolute Gasteiger partial charge is 0.0952 e. The minimum atomic E-state index is 0.498. The number of nitrogens with two attached hydrogens (primary N) is 1. The summed E-state index contributed by atoms with van der Waals surface area (Å²) in [7, 11) is 0. The van der Waals surface area contributed by atoms with E-state index in [0.29, 0.717) is 18.0 Å². The monoisotopic (exact) mass is 193 g/mol. The molecule has 78 valence electrons. The van der Waals surface area contributed by atoms with Crippen molar-refractivity contribution in [3.8, 4) is 0 Å². The van der Waals surface area contributed by atoms with E-state index in [1.807, 2.05) is 6.33 Å². The molecule has 14 heavy (non-hydrogen) atoms. The Morgan fingerprint density at radius 2 is 2.43 bits per heavy atom. The molecule has 2 rings (SSSR count). The van der Waals surface area contributed by atoms with E-state index in [9.17, 15) is 0 Å². The summed E-state index contributed by atoms with van der Waals surface area (Å²) in [5.41, 5.74) is 7.03. The molecule has 0 bridgehead atoms. The van der Waals surface area contributed by atoms with E-state index < -0.39 is 0 Å². The van der Waals surface area contributed by atoms with Crippen molar-refractivity contribution in [1.82, 2.24) is 9.55 Å². The topological polar surface area (TPSA) is 43.8 Å². The summed E-state index contributed by atoms with van der Waals surface area (Å²) < 4.78 is 2.23. The van der Waals surface area contributed by atoms with Crippen LogP contribution in [-0.2, 0) is 6.54 Å². The number of nitrogens with zero attached hydrogens (tertiary/aromatic N) is 2. The first kappa shape index (κ1) is 9.71. The fourth-order valence-corrected chi connectivity index (χ4v) is 2.34. The molecule has 1 atom stereocenters. The number of hydrogen-bond acceptors (Lipinski definition) is 2. The highest BCUT2D eigenvalue weighted by atomic mass is 15.1. The Bertz CT molecular complexity index is 314. The van der Waals surface area contributed by atoms with E-state index in [2.05, 4.69) is 29.6 Å². The summed E-state index contributed by atoms with van der Waals surface area (Å²) >= 11 is 0. The van der Waals surface area contributed by atoms with Crippen molar-refractivity contribution in [1.29, 1.82) is 0 Å². The molecule has 0 aliphatic heterocycles. The Labute approximate surface area is 85.3 Å². The Hall–Kier alpha value is -0.830. The highest BCUT2D eigenvalue weighted by molar-refractivity contribution is 4.99. The molecule has 1 fully saturated rings. The Morgan fingerprint density at radius 1 is 1.64 bits per heavy atom. The van der Waals surface area contributed by atoms with E-state index in [1.54, 1.807) is 0 Å². The van der Waals surface area contributed by atoms with E-state index in [1.165, 1.54) is 19.3 Å². The van der Waals surface area contributed by atoms with Crippen LogP contribution < -0.4 is 5.73 Å². The lowest BCUT2D eigenvalue weighted by Gasteiger charge is -2.17. The maximum atomic E-state index is 5.54. The van der Waals surface area contributed by atoms with E-state index in [0.717, 1.165) is 5.69 Å². The van der Waals surface area contributed by atoms with Gasteiger partial charge in [-0.25, -0.2) is 4.98 Å². The van der Waals surface area contributed by atoms with Crippen molar-refractivity contribution in [3.05, 3.63) is 18.2 Å². The molecule has 0 aromatic carbocycles. The minimum absolute atomic E-state index is 0.498. The molecular formula is C11H19N3. The van der Waals surface area contributed by atoms with Crippen LogP contribution in [0.3, 0.4) is 0 Å². The zero-order valence-electron chi connectivity index (χ0n) is 9.03. The van der Waals surface area contributed by atoms with Gasteiger partial charge in [-0.2, -0.15) is 0 Å². The van der Waals surface area contributed by atoms with Crippen LogP contribution in [0.25, 0.3) is 0 Å². The minimum Gasteiger partial charge on any atom is -0.334 e. The van der Waals surface area contributed by atoms with Gasteiger partial charge in [-0.1, -0.05) is 13.8 Å². The normalized spacial score (nSPS) is 25.5. The number of rotatable bonds is 2. The number of aromatic nitrogens is 2. The van der Waals surface area contributed by atoms with Crippen molar-refractivity contribution in [2.75, 3.05) is 0 Å². The summed E-state index contributed by atoms with van der Waals surface area (Å²) in [5.74, 6) is 0. The Balaban J connectivity index is 2.09. The molecule has 1 aromatic heterocycles. The van der Waals surface area contributed by atoms with Gasteiger partial charge in [-0.15, -0.1) is 0 Å². The zero-order chi connectivity index (χ0) is 10.2. The van der Waals surface area contributed by atoms with Gasteiger partial charge in [0.15, 0.2) is 0 Å². The fourth-order valence-electron chi connectivity index (χ4n) is 2.34. The molecule has 1 aliphatic rings. The molecule has 1 aliphatic carbocycles. The van der Waals surface area contributed by atoms with Gasteiger partial charge >= 0.3 is 0 Å². The number of hydrogen-bond donors (Lipinski definition) is 1. The summed E-state index contributed by atoms with van der Waals surface area (Å²) in [6.45, 7) is 5.23. The van der Waals surface area contributed by atoms with Crippen LogP contribution in [0.4, 0.5) is 0 Å². The van der Waals surface area contributed by atoms with Crippen LogP contribution in [0.15, 0.2) is 12.5 Å². The van der Waals surface area contributed by atoms with Gasteiger partial charge in [-0.3, -0.25) is 0 Å². The molecule has 1 saturated carbocycles. The third kappa shape index (κ3) is 1.82. The molecule has 0 spiro atoms. The quantitative estimate of drug-likeness (QED) is 0.781. The van der Waals surface area contributed by atoms with Gasteiger partial charge in [-0.05, 0) is 24.7 Å². The Kier molecular flexibility index (Phi) is 2.35. The summed E-state index contributed by atoms with van der Waals surface area (Å²) in [5, 5.41) is 0. The molecule has 0 amide bonds. The summed E-state index contributed by atoms with van der Waals surface area (Å²) in [6.07, 6.45) is 7.86. The molecule has 1 unspecified atom stereocenters. The molecular weight excluding hydrogens is 174 g/mol. The van der Waals surface area contributed by atoms with E-state index >= 15 is 0 Å². The van der Waals surface area contributed by atoms with Gasteiger partial charge < -0.3 is 10.3 Å². The van der Waals surface area contributed by atoms with E-state index in [4.69, 9.17) is 5.73 Å².